The number of nitrogens with one attached hydrogen (secondary N) is 1. The number of aromatic carboxylic acids is 1. The van der Waals surface area contributed by atoms with Crippen molar-refractivity contribution in [1.29, 1.82) is 0 Å². The van der Waals surface area contributed by atoms with Gasteiger partial charge in [-0.05, 0) is 35.9 Å². The second-order valence-electron chi connectivity index (χ2n) is 4.67. The van der Waals surface area contributed by atoms with Crippen LogP contribution in [0.15, 0.2) is 30.3 Å². The smallest absolute Gasteiger partial charge is 0.337 e. The SMILES string of the molecule is COc1cc(CNc2ccc(C(=O)O)c(Cl)c2)cc(Cl)c1OC. The van der Waals surface area contributed by atoms with E-state index >= 15 is 0 Å². The number of hydrogen-bond acceptors (Lipinski definition) is 4. The lowest BCUT2D eigenvalue weighted by Crippen LogP contribution is -2.03. The van der Waals surface area contributed by atoms with Crippen molar-refractivity contribution < 1.29 is 19.4 Å². The molecule has 0 heterocycles. The van der Waals surface area contributed by atoms with Crippen molar-refractivity contribution in [2.24, 2.45) is 0 Å². The molecule has 0 spiro atoms. The average molecular weight is 356 g/mol. The van der Waals surface area contributed by atoms with Gasteiger partial charge in [0, 0.05) is 12.2 Å². The fourth-order valence-electron chi connectivity index (χ4n) is 2.08. The second-order valence-corrected chi connectivity index (χ2v) is 5.48. The molecule has 0 fully saturated rings. The largest absolute Gasteiger partial charge is 0.493 e. The first kappa shape index (κ1) is 17.2. The molecule has 2 N–H and O–H groups in total. The lowest BCUT2D eigenvalue weighted by Gasteiger charge is -2.13. The molecule has 0 radical (unpaired) electrons. The zero-order chi connectivity index (χ0) is 17.0. The number of carbonyl (C=O) groups is 1. The number of ether oxygens (including phenoxy) is 2. The third kappa shape index (κ3) is 4.00. The molecule has 2 aromatic rings. The van der Waals surface area contributed by atoms with E-state index in [1.807, 2.05) is 6.07 Å². The van der Waals surface area contributed by atoms with Crippen LogP contribution in [0.1, 0.15) is 15.9 Å². The van der Waals surface area contributed by atoms with Crippen LogP contribution in [0.3, 0.4) is 0 Å². The van der Waals surface area contributed by atoms with Gasteiger partial charge in [0.25, 0.3) is 0 Å². The summed E-state index contributed by atoms with van der Waals surface area (Å²) in [5.74, 6) is -0.0453. The third-order valence-electron chi connectivity index (χ3n) is 3.19. The highest BCUT2D eigenvalue weighted by Crippen LogP contribution is 2.36. The van der Waals surface area contributed by atoms with Gasteiger partial charge in [-0.2, -0.15) is 0 Å². The maximum absolute atomic E-state index is 10.9. The van der Waals surface area contributed by atoms with E-state index in [4.69, 9.17) is 37.8 Å². The minimum Gasteiger partial charge on any atom is -0.493 e. The van der Waals surface area contributed by atoms with Crippen LogP contribution in [0, 0.1) is 0 Å². The molecule has 0 aliphatic heterocycles. The molecule has 0 aliphatic carbocycles. The summed E-state index contributed by atoms with van der Waals surface area (Å²) < 4.78 is 10.4. The number of methoxy groups -OCH3 is 2. The topological polar surface area (TPSA) is 67.8 Å². The fraction of sp³-hybridized carbons (Fsp3) is 0.188. The lowest BCUT2D eigenvalue weighted by atomic mass is 10.1. The van der Waals surface area contributed by atoms with Gasteiger partial charge >= 0.3 is 5.97 Å². The molecule has 0 saturated carbocycles. The van der Waals surface area contributed by atoms with Crippen molar-refractivity contribution in [3.8, 4) is 11.5 Å². The van der Waals surface area contributed by atoms with Crippen LogP contribution in [0.25, 0.3) is 0 Å². The van der Waals surface area contributed by atoms with Crippen molar-refractivity contribution in [1.82, 2.24) is 0 Å². The van der Waals surface area contributed by atoms with Crippen LogP contribution >= 0.6 is 23.2 Å². The first-order valence-electron chi connectivity index (χ1n) is 6.63. The maximum Gasteiger partial charge on any atom is 0.337 e. The molecule has 0 saturated heterocycles. The van der Waals surface area contributed by atoms with Gasteiger partial charge in [-0.3, -0.25) is 0 Å². The van der Waals surface area contributed by atoms with Gasteiger partial charge in [-0.15, -0.1) is 0 Å². The number of benzene rings is 2. The Morgan fingerprint density at radius 3 is 2.43 bits per heavy atom. The second kappa shape index (κ2) is 7.44. The van der Waals surface area contributed by atoms with Crippen molar-refractivity contribution in [2.45, 2.75) is 6.54 Å². The molecular formula is C16H15Cl2NO4. The molecule has 23 heavy (non-hydrogen) atoms. The van der Waals surface area contributed by atoms with Crippen LogP contribution in [-0.4, -0.2) is 25.3 Å². The predicted molar refractivity (Wildman–Crippen MR) is 90.3 cm³/mol. The molecule has 2 aromatic carbocycles. The molecular weight excluding hydrogens is 341 g/mol. The third-order valence-corrected chi connectivity index (χ3v) is 3.78. The maximum atomic E-state index is 10.9. The molecule has 0 aromatic heterocycles. The molecule has 0 amide bonds. The molecule has 0 aliphatic rings. The first-order valence-corrected chi connectivity index (χ1v) is 7.39. The fourth-order valence-corrected chi connectivity index (χ4v) is 2.65. The van der Waals surface area contributed by atoms with Gasteiger partial charge in [0.1, 0.15) is 0 Å². The summed E-state index contributed by atoms with van der Waals surface area (Å²) in [6, 6.07) is 8.24. The van der Waals surface area contributed by atoms with Crippen LogP contribution < -0.4 is 14.8 Å². The van der Waals surface area contributed by atoms with Crippen LogP contribution in [0.4, 0.5) is 5.69 Å². The first-order chi connectivity index (χ1) is 11.0. The minimum atomic E-state index is -1.06. The number of carboxylic acids is 1. The highest BCUT2D eigenvalue weighted by Gasteiger charge is 2.12. The molecule has 0 bridgehead atoms. The quantitative estimate of drug-likeness (QED) is 0.807. The molecule has 0 atom stereocenters. The Kier molecular flexibility index (Phi) is 5.58. The minimum absolute atomic E-state index is 0.0615. The molecule has 122 valence electrons. The summed E-state index contributed by atoms with van der Waals surface area (Å²) in [6.45, 7) is 0.461. The van der Waals surface area contributed by atoms with E-state index in [0.29, 0.717) is 28.8 Å². The van der Waals surface area contributed by atoms with Crippen LogP contribution in [0.2, 0.25) is 10.0 Å². The van der Waals surface area contributed by atoms with E-state index in [1.54, 1.807) is 18.2 Å². The summed E-state index contributed by atoms with van der Waals surface area (Å²) in [4.78, 5) is 10.9. The standard InChI is InChI=1S/C16H15Cl2NO4/c1-22-14-6-9(5-13(18)15(14)23-2)8-19-10-3-4-11(16(20)21)12(17)7-10/h3-7,19H,8H2,1-2H3,(H,20,21). The average Bonchev–Trinajstić information content (AvgIpc) is 2.51. The van der Waals surface area contributed by atoms with E-state index in [2.05, 4.69) is 5.32 Å². The van der Waals surface area contributed by atoms with Crippen LogP contribution in [-0.2, 0) is 6.54 Å². The summed E-state index contributed by atoms with van der Waals surface area (Å²) in [5, 5.41) is 12.7. The number of rotatable bonds is 6. The number of carboxylic acid groups (broad SMARTS) is 1. The summed E-state index contributed by atoms with van der Waals surface area (Å²) >= 11 is 12.1. The Hall–Kier alpha value is -2.11. The molecule has 7 heteroatoms. The zero-order valence-electron chi connectivity index (χ0n) is 12.5. The Morgan fingerprint density at radius 2 is 1.87 bits per heavy atom. The predicted octanol–water partition coefficient (Wildman–Crippen LogP) is 4.32. The Balaban J connectivity index is 2.16. The van der Waals surface area contributed by atoms with Gasteiger partial charge < -0.3 is 19.9 Å². The Labute approximate surface area is 143 Å². The van der Waals surface area contributed by atoms with Gasteiger partial charge in [0.2, 0.25) is 0 Å². The Bertz CT molecular complexity index is 734. The molecule has 5 nitrogen and oxygen atoms in total. The molecule has 0 unspecified atom stereocenters. The lowest BCUT2D eigenvalue weighted by molar-refractivity contribution is 0.0697. The van der Waals surface area contributed by atoms with Crippen molar-refractivity contribution in [2.75, 3.05) is 19.5 Å². The van der Waals surface area contributed by atoms with E-state index in [-0.39, 0.29) is 10.6 Å². The number of hydrogen-bond donors (Lipinski definition) is 2. The van der Waals surface area contributed by atoms with Gasteiger partial charge in [0.05, 0.1) is 29.8 Å². The highest BCUT2D eigenvalue weighted by atomic mass is 35.5. The van der Waals surface area contributed by atoms with Gasteiger partial charge in [-0.25, -0.2) is 4.79 Å². The van der Waals surface area contributed by atoms with Gasteiger partial charge in [-0.1, -0.05) is 23.2 Å². The van der Waals surface area contributed by atoms with Gasteiger partial charge in [0.15, 0.2) is 11.5 Å². The van der Waals surface area contributed by atoms with E-state index in [1.165, 1.54) is 20.3 Å². The van der Waals surface area contributed by atoms with E-state index < -0.39 is 5.97 Å². The van der Waals surface area contributed by atoms with E-state index in [9.17, 15) is 4.79 Å². The zero-order valence-corrected chi connectivity index (χ0v) is 14.0. The summed E-state index contributed by atoms with van der Waals surface area (Å²) in [6.07, 6.45) is 0. The Morgan fingerprint density at radius 1 is 1.13 bits per heavy atom. The normalized spacial score (nSPS) is 10.3. The van der Waals surface area contributed by atoms with E-state index in [0.717, 1.165) is 5.56 Å². The number of anilines is 1. The summed E-state index contributed by atoms with van der Waals surface area (Å²) in [5.41, 5.74) is 1.64. The van der Waals surface area contributed by atoms with Crippen molar-refractivity contribution in [3.05, 3.63) is 51.5 Å². The van der Waals surface area contributed by atoms with Crippen molar-refractivity contribution in [3.63, 3.8) is 0 Å². The molecule has 2 rings (SSSR count). The monoisotopic (exact) mass is 355 g/mol. The summed E-state index contributed by atoms with van der Waals surface area (Å²) in [7, 11) is 3.06. The van der Waals surface area contributed by atoms with Crippen molar-refractivity contribution >= 4 is 34.9 Å². The highest BCUT2D eigenvalue weighted by molar-refractivity contribution is 6.33. The van der Waals surface area contributed by atoms with Crippen LogP contribution in [0.5, 0.6) is 11.5 Å². The number of halogens is 2.